The maximum Gasteiger partial charge on any atom is 0.362 e. The predicted molar refractivity (Wildman–Crippen MR) is 69.8 cm³/mol. The molecule has 0 amide bonds. The second-order valence-corrected chi connectivity index (χ2v) is 5.83. The third-order valence-electron chi connectivity index (χ3n) is 2.41. The zero-order chi connectivity index (χ0) is 14.5. The Hall–Kier alpha value is -1.53. The summed E-state index contributed by atoms with van der Waals surface area (Å²) in [5.74, 6) is -1.50. The molecule has 0 bridgehead atoms. The van der Waals surface area contributed by atoms with Gasteiger partial charge in [0.15, 0.2) is 5.85 Å². The first kappa shape index (κ1) is 15.5. The van der Waals surface area contributed by atoms with Gasteiger partial charge in [0.05, 0.1) is 10.5 Å². The van der Waals surface area contributed by atoms with Crippen LogP contribution in [0.4, 0.5) is 5.69 Å². The van der Waals surface area contributed by atoms with E-state index in [-0.39, 0.29) is 11.3 Å². The van der Waals surface area contributed by atoms with E-state index in [0.717, 1.165) is 20.3 Å². The van der Waals surface area contributed by atoms with E-state index in [1.807, 2.05) is 0 Å². The average molecular weight is 287 g/mol. The molecule has 0 aliphatic rings. The van der Waals surface area contributed by atoms with Crippen LogP contribution in [0.3, 0.4) is 0 Å². The second kappa shape index (κ2) is 6.58. The van der Waals surface area contributed by atoms with E-state index in [2.05, 4.69) is 9.05 Å². The highest BCUT2D eigenvalue weighted by atomic mass is 31.2. The molecule has 19 heavy (non-hydrogen) atoms. The largest absolute Gasteiger partial charge is 0.377 e. The van der Waals surface area contributed by atoms with Crippen molar-refractivity contribution in [3.8, 4) is 0 Å². The van der Waals surface area contributed by atoms with E-state index in [1.54, 1.807) is 6.07 Å². The van der Waals surface area contributed by atoms with Crippen molar-refractivity contribution >= 4 is 19.4 Å². The van der Waals surface area contributed by atoms with Gasteiger partial charge in [-0.05, 0) is 18.2 Å². The van der Waals surface area contributed by atoms with Crippen LogP contribution >= 0.6 is 7.60 Å². The summed E-state index contributed by atoms with van der Waals surface area (Å²) in [4.78, 5) is 10.2. The fourth-order valence-electron chi connectivity index (χ4n) is 1.38. The van der Waals surface area contributed by atoms with Crippen molar-refractivity contribution in [3.63, 3.8) is 0 Å². The van der Waals surface area contributed by atoms with Crippen molar-refractivity contribution in [1.29, 1.82) is 0 Å². The lowest BCUT2D eigenvalue weighted by molar-refractivity contribution is -0.385. The van der Waals surface area contributed by atoms with Gasteiger partial charge in [0.25, 0.3) is 5.69 Å². The Morgan fingerprint density at radius 2 is 1.95 bits per heavy atom. The number of aliphatic hydroxyl groups is 1. The summed E-state index contributed by atoms with van der Waals surface area (Å²) in [5.41, 5.74) is 0.168. The monoisotopic (exact) mass is 287 g/mol. The maximum atomic E-state index is 11.8. The molecule has 0 aliphatic heterocycles. The summed E-state index contributed by atoms with van der Waals surface area (Å²) in [7, 11) is -1.36. The van der Waals surface area contributed by atoms with Crippen molar-refractivity contribution < 1.29 is 23.6 Å². The predicted octanol–water partition coefficient (Wildman–Crippen LogP) is 2.41. The van der Waals surface area contributed by atoms with Crippen molar-refractivity contribution in [3.05, 3.63) is 46.0 Å². The van der Waals surface area contributed by atoms with Crippen molar-refractivity contribution in [2.24, 2.45) is 0 Å². The molecule has 0 heterocycles. The zero-order valence-corrected chi connectivity index (χ0v) is 11.3. The molecule has 0 saturated heterocycles. The highest BCUT2D eigenvalue weighted by Crippen LogP contribution is 2.51. The Bertz CT molecular complexity index is 522. The van der Waals surface area contributed by atoms with E-state index in [9.17, 15) is 19.8 Å². The summed E-state index contributed by atoms with van der Waals surface area (Å²) in [6.45, 7) is 0. The highest BCUT2D eigenvalue weighted by Gasteiger charge is 2.30. The molecule has 0 saturated carbocycles. The molecule has 0 fully saturated rings. The topological polar surface area (TPSA) is 98.9 Å². The number of hydrogen-bond donors (Lipinski definition) is 1. The number of hydrogen-bond acceptors (Lipinski definition) is 6. The first-order valence-corrected chi connectivity index (χ1v) is 6.86. The van der Waals surface area contributed by atoms with E-state index < -0.39 is 18.4 Å². The number of nitro groups is 1. The van der Waals surface area contributed by atoms with Gasteiger partial charge >= 0.3 is 7.60 Å². The SMILES string of the molecule is COP(=O)(OC)[C@H](O)/C=C/c1ccccc1[N+](=O)[O-]. The normalized spacial score (nSPS) is 13.6. The first-order valence-electron chi connectivity index (χ1n) is 5.25. The standard InChI is InChI=1S/C11H14NO6P/c1-17-19(16,18-2)11(13)8-7-9-5-3-4-6-10(9)12(14)15/h3-8,11,13H,1-2H3/b8-7+/t11-/m0/s1. The van der Waals surface area contributed by atoms with E-state index >= 15 is 0 Å². The lowest BCUT2D eigenvalue weighted by Gasteiger charge is -2.16. The van der Waals surface area contributed by atoms with E-state index in [0.29, 0.717) is 0 Å². The van der Waals surface area contributed by atoms with Gasteiger partial charge in [0, 0.05) is 20.3 Å². The molecule has 1 N–H and O–H groups in total. The van der Waals surface area contributed by atoms with Gasteiger partial charge < -0.3 is 14.2 Å². The van der Waals surface area contributed by atoms with Crippen LogP contribution in [-0.2, 0) is 13.6 Å². The van der Waals surface area contributed by atoms with Crippen LogP contribution in [-0.4, -0.2) is 30.1 Å². The second-order valence-electron chi connectivity index (χ2n) is 3.49. The molecule has 1 rings (SSSR count). The van der Waals surface area contributed by atoms with Crippen molar-refractivity contribution in [1.82, 2.24) is 0 Å². The molecular formula is C11H14NO6P. The van der Waals surface area contributed by atoms with E-state index in [4.69, 9.17) is 0 Å². The van der Waals surface area contributed by atoms with Crippen LogP contribution in [0.2, 0.25) is 0 Å². The number of benzene rings is 1. The molecule has 0 aliphatic carbocycles. The number of nitro benzene ring substituents is 1. The van der Waals surface area contributed by atoms with E-state index in [1.165, 1.54) is 24.3 Å². The summed E-state index contributed by atoms with van der Waals surface area (Å²) in [6, 6.07) is 5.98. The lowest BCUT2D eigenvalue weighted by atomic mass is 10.1. The maximum absolute atomic E-state index is 11.8. The minimum Gasteiger partial charge on any atom is -0.377 e. The van der Waals surface area contributed by atoms with Gasteiger partial charge in [-0.15, -0.1) is 0 Å². The average Bonchev–Trinajstić information content (AvgIpc) is 2.43. The summed E-state index contributed by atoms with van der Waals surface area (Å²) < 4.78 is 21.0. The Morgan fingerprint density at radius 3 is 2.47 bits per heavy atom. The molecule has 104 valence electrons. The molecule has 1 atom stereocenters. The Balaban J connectivity index is 3.00. The van der Waals surface area contributed by atoms with Crippen molar-refractivity contribution in [2.45, 2.75) is 5.85 Å². The minimum absolute atomic E-state index is 0.115. The molecule has 0 aromatic heterocycles. The summed E-state index contributed by atoms with van der Waals surface area (Å²) in [5, 5.41) is 20.5. The van der Waals surface area contributed by atoms with Gasteiger partial charge in [0.1, 0.15) is 0 Å². The number of rotatable bonds is 6. The summed E-state index contributed by atoms with van der Waals surface area (Å²) >= 11 is 0. The molecule has 7 nitrogen and oxygen atoms in total. The van der Waals surface area contributed by atoms with Gasteiger partial charge in [-0.2, -0.15) is 0 Å². The van der Waals surface area contributed by atoms with Crippen LogP contribution in [0.5, 0.6) is 0 Å². The molecule has 1 aromatic carbocycles. The van der Waals surface area contributed by atoms with Gasteiger partial charge in [-0.25, -0.2) is 0 Å². The zero-order valence-electron chi connectivity index (χ0n) is 10.4. The third-order valence-corrected chi connectivity index (χ3v) is 4.25. The minimum atomic E-state index is -3.65. The fraction of sp³-hybridized carbons (Fsp3) is 0.273. The summed E-state index contributed by atoms with van der Waals surface area (Å²) in [6.07, 6.45) is 2.43. The van der Waals surface area contributed by atoms with Crippen molar-refractivity contribution in [2.75, 3.05) is 14.2 Å². The molecular weight excluding hydrogens is 273 g/mol. The molecule has 0 unspecified atom stereocenters. The van der Waals surface area contributed by atoms with Crippen LogP contribution in [0, 0.1) is 10.1 Å². The highest BCUT2D eigenvalue weighted by molar-refractivity contribution is 7.54. The number of para-hydroxylation sites is 1. The fourth-order valence-corrected chi connectivity index (χ4v) is 2.26. The first-order chi connectivity index (χ1) is 8.94. The Morgan fingerprint density at radius 1 is 1.37 bits per heavy atom. The van der Waals surface area contributed by atoms with Gasteiger partial charge in [0.2, 0.25) is 0 Å². The lowest BCUT2D eigenvalue weighted by Crippen LogP contribution is -2.06. The molecule has 1 aromatic rings. The van der Waals surface area contributed by atoms with Crippen LogP contribution in [0.25, 0.3) is 6.08 Å². The quantitative estimate of drug-likeness (QED) is 0.490. The molecule has 0 radical (unpaired) electrons. The Labute approximate surface area is 110 Å². The van der Waals surface area contributed by atoms with Gasteiger partial charge in [-0.1, -0.05) is 12.1 Å². The smallest absolute Gasteiger partial charge is 0.362 e. The van der Waals surface area contributed by atoms with Crippen LogP contribution in [0.15, 0.2) is 30.3 Å². The van der Waals surface area contributed by atoms with Crippen LogP contribution < -0.4 is 0 Å². The third kappa shape index (κ3) is 3.71. The molecule has 8 heteroatoms. The van der Waals surface area contributed by atoms with Gasteiger partial charge in [-0.3, -0.25) is 14.7 Å². The van der Waals surface area contributed by atoms with Crippen LogP contribution in [0.1, 0.15) is 5.56 Å². The number of nitrogens with zero attached hydrogens (tertiary/aromatic N) is 1. The number of aliphatic hydroxyl groups excluding tert-OH is 1. The molecule has 0 spiro atoms. The Kier molecular flexibility index (Phi) is 5.38.